The van der Waals surface area contributed by atoms with Gasteiger partial charge < -0.3 is 10.8 Å². The zero-order valence-corrected chi connectivity index (χ0v) is 8.58. The van der Waals surface area contributed by atoms with Crippen molar-refractivity contribution in [1.82, 2.24) is 14.8 Å². The van der Waals surface area contributed by atoms with Crippen LogP contribution in [0.2, 0.25) is 0 Å². The summed E-state index contributed by atoms with van der Waals surface area (Å²) in [6.45, 7) is 1.77. The standard InChI is InChI=1S/C7H14N4OS/c1-5(12)3-4-13-7-10-9-6(8)11(7)2/h5,12H,3-4H2,1-2H3,(H2,8,9). The van der Waals surface area contributed by atoms with Crippen LogP contribution in [0.1, 0.15) is 13.3 Å². The SMILES string of the molecule is CC(O)CCSc1nnc(N)n1C. The number of aliphatic hydroxyl groups is 1. The highest BCUT2D eigenvalue weighted by Crippen LogP contribution is 2.17. The highest BCUT2D eigenvalue weighted by molar-refractivity contribution is 7.99. The van der Waals surface area contributed by atoms with Crippen molar-refractivity contribution in [3.8, 4) is 0 Å². The second-order valence-electron chi connectivity index (χ2n) is 2.89. The quantitative estimate of drug-likeness (QED) is 0.685. The smallest absolute Gasteiger partial charge is 0.222 e. The predicted molar refractivity (Wildman–Crippen MR) is 52.4 cm³/mol. The van der Waals surface area contributed by atoms with E-state index in [-0.39, 0.29) is 6.10 Å². The summed E-state index contributed by atoms with van der Waals surface area (Å²) in [5.41, 5.74) is 5.50. The van der Waals surface area contributed by atoms with Gasteiger partial charge in [-0.2, -0.15) is 0 Å². The fourth-order valence-electron chi connectivity index (χ4n) is 0.773. The molecule has 0 saturated heterocycles. The fourth-order valence-corrected chi connectivity index (χ4v) is 1.80. The van der Waals surface area contributed by atoms with Gasteiger partial charge in [-0.25, -0.2) is 0 Å². The molecule has 1 unspecified atom stereocenters. The molecule has 0 saturated carbocycles. The first kappa shape index (κ1) is 10.3. The number of anilines is 1. The molecular weight excluding hydrogens is 188 g/mol. The Bertz CT molecular complexity index is 273. The minimum absolute atomic E-state index is 0.266. The molecule has 1 rings (SSSR count). The number of aromatic nitrogens is 3. The number of nitrogen functional groups attached to an aromatic ring is 1. The van der Waals surface area contributed by atoms with Crippen LogP contribution in [-0.4, -0.2) is 31.7 Å². The molecule has 0 amide bonds. The van der Waals surface area contributed by atoms with Gasteiger partial charge in [0, 0.05) is 12.8 Å². The van der Waals surface area contributed by atoms with Crippen LogP contribution in [-0.2, 0) is 7.05 Å². The van der Waals surface area contributed by atoms with Crippen molar-refractivity contribution in [2.24, 2.45) is 7.05 Å². The van der Waals surface area contributed by atoms with Crippen LogP contribution in [0.4, 0.5) is 5.95 Å². The number of hydrogen-bond acceptors (Lipinski definition) is 5. The summed E-state index contributed by atoms with van der Waals surface area (Å²) in [4.78, 5) is 0. The Kier molecular flexibility index (Phi) is 3.56. The molecule has 0 fully saturated rings. The first-order valence-electron chi connectivity index (χ1n) is 4.07. The third-order valence-corrected chi connectivity index (χ3v) is 2.69. The maximum absolute atomic E-state index is 9.02. The zero-order valence-electron chi connectivity index (χ0n) is 7.77. The van der Waals surface area contributed by atoms with Crippen LogP contribution in [0.25, 0.3) is 0 Å². The van der Waals surface area contributed by atoms with Gasteiger partial charge in [0.05, 0.1) is 6.10 Å². The van der Waals surface area contributed by atoms with Crippen molar-refractivity contribution in [3.63, 3.8) is 0 Å². The van der Waals surface area contributed by atoms with Gasteiger partial charge in [0.15, 0.2) is 5.16 Å². The molecule has 1 aromatic rings. The Morgan fingerprint density at radius 2 is 2.31 bits per heavy atom. The van der Waals surface area contributed by atoms with E-state index in [1.165, 1.54) is 0 Å². The molecule has 6 heteroatoms. The van der Waals surface area contributed by atoms with Gasteiger partial charge in [0.2, 0.25) is 5.95 Å². The molecule has 1 aromatic heterocycles. The summed E-state index contributed by atoms with van der Waals surface area (Å²) in [7, 11) is 1.82. The highest BCUT2D eigenvalue weighted by Gasteiger charge is 2.05. The summed E-state index contributed by atoms with van der Waals surface area (Å²) in [5, 5.41) is 17.4. The molecule has 1 atom stereocenters. The number of hydrogen-bond donors (Lipinski definition) is 2. The average Bonchev–Trinajstić information content (AvgIpc) is 2.35. The Morgan fingerprint density at radius 1 is 1.62 bits per heavy atom. The van der Waals surface area contributed by atoms with Crippen molar-refractivity contribution >= 4 is 17.7 Å². The van der Waals surface area contributed by atoms with Gasteiger partial charge in [0.25, 0.3) is 0 Å². The number of nitrogens with zero attached hydrogens (tertiary/aromatic N) is 3. The number of nitrogens with two attached hydrogens (primary N) is 1. The molecular formula is C7H14N4OS. The summed E-state index contributed by atoms with van der Waals surface area (Å²) < 4.78 is 1.73. The Hall–Kier alpha value is -0.750. The number of rotatable bonds is 4. The first-order chi connectivity index (χ1) is 6.11. The number of aliphatic hydroxyl groups excluding tert-OH is 1. The van der Waals surface area contributed by atoms with Gasteiger partial charge in [-0.05, 0) is 13.3 Å². The van der Waals surface area contributed by atoms with E-state index in [0.29, 0.717) is 5.95 Å². The minimum atomic E-state index is -0.266. The fraction of sp³-hybridized carbons (Fsp3) is 0.714. The Balaban J connectivity index is 2.41. The van der Waals surface area contributed by atoms with Gasteiger partial charge in [-0.3, -0.25) is 4.57 Å². The lowest BCUT2D eigenvalue weighted by Gasteiger charge is -2.02. The molecule has 1 heterocycles. The van der Waals surface area contributed by atoms with Crippen LogP contribution in [0.3, 0.4) is 0 Å². The molecule has 0 aliphatic rings. The summed E-state index contributed by atoms with van der Waals surface area (Å²) in [5.74, 6) is 1.24. The van der Waals surface area contributed by atoms with Crippen LogP contribution in [0.15, 0.2) is 5.16 Å². The van der Waals surface area contributed by atoms with E-state index in [2.05, 4.69) is 10.2 Å². The average molecular weight is 202 g/mol. The second kappa shape index (κ2) is 4.48. The van der Waals surface area contributed by atoms with Crippen LogP contribution < -0.4 is 5.73 Å². The largest absolute Gasteiger partial charge is 0.393 e. The first-order valence-corrected chi connectivity index (χ1v) is 5.05. The molecule has 13 heavy (non-hydrogen) atoms. The summed E-state index contributed by atoms with van der Waals surface area (Å²) >= 11 is 1.55. The van der Waals surface area contributed by atoms with Crippen molar-refractivity contribution in [2.75, 3.05) is 11.5 Å². The lowest BCUT2D eigenvalue weighted by molar-refractivity contribution is 0.192. The molecule has 0 aliphatic carbocycles. The highest BCUT2D eigenvalue weighted by atomic mass is 32.2. The van der Waals surface area contributed by atoms with Gasteiger partial charge in [-0.1, -0.05) is 11.8 Å². The maximum Gasteiger partial charge on any atom is 0.222 e. The van der Waals surface area contributed by atoms with E-state index in [4.69, 9.17) is 10.8 Å². The molecule has 0 bridgehead atoms. The van der Waals surface area contributed by atoms with E-state index in [1.54, 1.807) is 23.3 Å². The molecule has 0 aromatic carbocycles. The van der Waals surface area contributed by atoms with Gasteiger partial charge >= 0.3 is 0 Å². The molecule has 5 nitrogen and oxygen atoms in total. The second-order valence-corrected chi connectivity index (χ2v) is 3.95. The predicted octanol–water partition coefficient (Wildman–Crippen LogP) is 0.260. The van der Waals surface area contributed by atoms with Crippen LogP contribution in [0, 0.1) is 0 Å². The Morgan fingerprint density at radius 3 is 2.77 bits per heavy atom. The summed E-state index contributed by atoms with van der Waals surface area (Å²) in [6.07, 6.45) is 0.482. The van der Waals surface area contributed by atoms with Crippen LogP contribution >= 0.6 is 11.8 Å². The summed E-state index contributed by atoms with van der Waals surface area (Å²) in [6, 6.07) is 0. The van der Waals surface area contributed by atoms with Crippen molar-refractivity contribution < 1.29 is 5.11 Å². The van der Waals surface area contributed by atoms with E-state index < -0.39 is 0 Å². The molecule has 0 spiro atoms. The van der Waals surface area contributed by atoms with Crippen molar-refractivity contribution in [2.45, 2.75) is 24.6 Å². The van der Waals surface area contributed by atoms with E-state index in [9.17, 15) is 0 Å². The lowest BCUT2D eigenvalue weighted by atomic mass is 10.3. The third-order valence-electron chi connectivity index (χ3n) is 1.64. The third kappa shape index (κ3) is 2.89. The van der Waals surface area contributed by atoms with Gasteiger partial charge in [0.1, 0.15) is 0 Å². The Labute approximate surface area is 81.3 Å². The van der Waals surface area contributed by atoms with Crippen molar-refractivity contribution in [3.05, 3.63) is 0 Å². The van der Waals surface area contributed by atoms with Crippen LogP contribution in [0.5, 0.6) is 0 Å². The number of thioether (sulfide) groups is 1. The maximum atomic E-state index is 9.02. The molecule has 74 valence electrons. The van der Waals surface area contributed by atoms with E-state index in [0.717, 1.165) is 17.3 Å². The van der Waals surface area contributed by atoms with E-state index >= 15 is 0 Å². The zero-order chi connectivity index (χ0) is 9.84. The monoisotopic (exact) mass is 202 g/mol. The topological polar surface area (TPSA) is 77.0 Å². The molecule has 0 radical (unpaired) electrons. The minimum Gasteiger partial charge on any atom is -0.393 e. The van der Waals surface area contributed by atoms with Gasteiger partial charge in [-0.15, -0.1) is 10.2 Å². The van der Waals surface area contributed by atoms with Crippen molar-refractivity contribution in [1.29, 1.82) is 0 Å². The van der Waals surface area contributed by atoms with E-state index in [1.807, 2.05) is 7.05 Å². The lowest BCUT2D eigenvalue weighted by Crippen LogP contribution is -2.02. The normalized spacial score (nSPS) is 13.2. The molecule has 0 aliphatic heterocycles. The molecule has 3 N–H and O–H groups in total.